The van der Waals surface area contributed by atoms with Gasteiger partial charge >= 0.3 is 0 Å². The smallest absolute Gasteiger partial charge is 0.0116 e. The van der Waals surface area contributed by atoms with Crippen LogP contribution in [0.15, 0.2) is 0 Å². The summed E-state index contributed by atoms with van der Waals surface area (Å²) in [6, 6.07) is 2.78. The molecule has 0 aromatic carbocycles. The molecule has 2 N–H and O–H groups in total. The Kier molecular flexibility index (Phi) is 2.61. The van der Waals surface area contributed by atoms with Crippen molar-refractivity contribution in [2.75, 3.05) is 0 Å². The fourth-order valence-electron chi connectivity index (χ4n) is 3.30. The zero-order valence-corrected chi connectivity index (χ0v) is 8.87. The van der Waals surface area contributed by atoms with Crippen LogP contribution in [0.25, 0.3) is 0 Å². The topological polar surface area (TPSA) is 29.3 Å². The van der Waals surface area contributed by atoms with E-state index in [0.717, 1.165) is 12.1 Å². The van der Waals surface area contributed by atoms with E-state index in [1.165, 1.54) is 32.1 Å². The van der Waals surface area contributed by atoms with E-state index in [0.29, 0.717) is 12.1 Å². The average Bonchev–Trinajstić information content (AvgIpc) is 2.01. The lowest BCUT2D eigenvalue weighted by atomic mass is 9.81. The van der Waals surface area contributed by atoms with Gasteiger partial charge in [-0.15, -0.1) is 0 Å². The number of hydrogen-bond acceptors (Lipinski definition) is 2. The van der Waals surface area contributed by atoms with Crippen LogP contribution in [0.5, 0.6) is 0 Å². The maximum Gasteiger partial charge on any atom is 0.0116 e. The number of hydrogen-bond donors (Lipinski definition) is 1. The van der Waals surface area contributed by atoms with E-state index in [-0.39, 0.29) is 0 Å². The lowest BCUT2D eigenvalue weighted by Crippen LogP contribution is -2.57. The van der Waals surface area contributed by atoms with E-state index in [9.17, 15) is 0 Å². The van der Waals surface area contributed by atoms with Crippen LogP contribution in [-0.2, 0) is 0 Å². The van der Waals surface area contributed by atoms with E-state index in [2.05, 4.69) is 18.7 Å². The monoisotopic (exact) mass is 182 g/mol. The van der Waals surface area contributed by atoms with Gasteiger partial charge in [0.25, 0.3) is 0 Å². The Morgan fingerprint density at radius 2 is 1.69 bits per heavy atom. The zero-order valence-electron chi connectivity index (χ0n) is 8.87. The highest BCUT2D eigenvalue weighted by atomic mass is 15.2. The first kappa shape index (κ1) is 9.47. The Morgan fingerprint density at radius 3 is 2.15 bits per heavy atom. The van der Waals surface area contributed by atoms with Crippen molar-refractivity contribution in [3.8, 4) is 0 Å². The predicted octanol–water partition coefficient (Wildman–Crippen LogP) is 1.74. The van der Waals surface area contributed by atoms with E-state index >= 15 is 0 Å². The Hall–Kier alpha value is -0.0800. The third-order valence-electron chi connectivity index (χ3n) is 3.66. The van der Waals surface area contributed by atoms with Crippen molar-refractivity contribution in [2.45, 2.75) is 70.1 Å². The van der Waals surface area contributed by atoms with Crippen LogP contribution in [-0.4, -0.2) is 29.1 Å². The first-order chi connectivity index (χ1) is 6.18. The van der Waals surface area contributed by atoms with Gasteiger partial charge in [-0.25, -0.2) is 0 Å². The van der Waals surface area contributed by atoms with Gasteiger partial charge in [-0.1, -0.05) is 6.42 Å². The molecule has 2 aliphatic rings. The van der Waals surface area contributed by atoms with Gasteiger partial charge in [0.2, 0.25) is 0 Å². The van der Waals surface area contributed by atoms with Crippen molar-refractivity contribution in [1.29, 1.82) is 0 Å². The molecule has 0 aliphatic carbocycles. The summed E-state index contributed by atoms with van der Waals surface area (Å²) in [6.45, 7) is 4.64. The first-order valence-electron chi connectivity index (χ1n) is 5.71. The van der Waals surface area contributed by atoms with Crippen molar-refractivity contribution >= 4 is 0 Å². The maximum atomic E-state index is 6.06. The molecule has 0 unspecified atom stereocenters. The molecule has 2 rings (SSSR count). The quantitative estimate of drug-likeness (QED) is 0.669. The number of rotatable bonds is 1. The van der Waals surface area contributed by atoms with Crippen LogP contribution in [0.1, 0.15) is 46.0 Å². The van der Waals surface area contributed by atoms with Crippen LogP contribution in [0.2, 0.25) is 0 Å². The molecule has 2 bridgehead atoms. The molecule has 76 valence electrons. The minimum Gasteiger partial charge on any atom is -0.328 e. The predicted molar refractivity (Wildman–Crippen MR) is 55.6 cm³/mol. The van der Waals surface area contributed by atoms with E-state index in [4.69, 9.17) is 5.73 Å². The molecule has 2 aliphatic heterocycles. The van der Waals surface area contributed by atoms with Crippen LogP contribution in [0.3, 0.4) is 0 Å². The summed E-state index contributed by atoms with van der Waals surface area (Å²) < 4.78 is 0. The molecular formula is C11H22N2. The molecule has 0 aromatic heterocycles. The summed E-state index contributed by atoms with van der Waals surface area (Å²) in [7, 11) is 0. The molecule has 2 heterocycles. The Balaban J connectivity index is 2.10. The van der Waals surface area contributed by atoms with Gasteiger partial charge in [-0.2, -0.15) is 0 Å². The molecule has 2 atom stereocenters. The summed E-state index contributed by atoms with van der Waals surface area (Å²) in [4.78, 5) is 2.72. The lowest BCUT2D eigenvalue weighted by Gasteiger charge is -2.50. The third-order valence-corrected chi connectivity index (χ3v) is 3.66. The van der Waals surface area contributed by atoms with Crippen molar-refractivity contribution in [1.82, 2.24) is 4.90 Å². The molecule has 2 saturated heterocycles. The maximum absolute atomic E-state index is 6.06. The Morgan fingerprint density at radius 1 is 1.15 bits per heavy atom. The van der Waals surface area contributed by atoms with Crippen LogP contribution in [0.4, 0.5) is 0 Å². The summed E-state index contributed by atoms with van der Waals surface area (Å²) in [5.41, 5.74) is 6.06. The average molecular weight is 182 g/mol. The molecular weight excluding hydrogens is 160 g/mol. The number of fused-ring (bicyclic) bond motifs is 2. The lowest BCUT2D eigenvalue weighted by molar-refractivity contribution is 0.00622. The van der Waals surface area contributed by atoms with Crippen LogP contribution < -0.4 is 5.73 Å². The minimum absolute atomic E-state index is 0.477. The molecule has 2 heteroatoms. The van der Waals surface area contributed by atoms with Crippen molar-refractivity contribution in [3.63, 3.8) is 0 Å². The second-order valence-corrected chi connectivity index (χ2v) is 5.01. The molecule has 2 fully saturated rings. The number of piperidine rings is 2. The van der Waals surface area contributed by atoms with Gasteiger partial charge in [-0.3, -0.25) is 4.90 Å². The standard InChI is InChI=1S/C11H22N2/c1-8(2)13-10-4-3-5-11(13)7-9(12)6-10/h8-11H,3-7,12H2,1-2H3/t10-,11-/m0/s1. The van der Waals surface area contributed by atoms with Crippen molar-refractivity contribution < 1.29 is 0 Å². The molecule has 13 heavy (non-hydrogen) atoms. The second kappa shape index (κ2) is 3.58. The Labute approximate surface area is 81.5 Å². The SMILES string of the molecule is CC(C)N1[C@H]2CCC[C@H]1CC(N)C2. The van der Waals surface area contributed by atoms with Gasteiger partial charge in [0.15, 0.2) is 0 Å². The number of nitrogens with zero attached hydrogens (tertiary/aromatic N) is 1. The highest BCUT2D eigenvalue weighted by Gasteiger charge is 2.37. The summed E-state index contributed by atoms with van der Waals surface area (Å²) in [5, 5.41) is 0. The van der Waals surface area contributed by atoms with Gasteiger partial charge in [0.05, 0.1) is 0 Å². The Bertz CT molecular complexity index is 165. The molecule has 0 amide bonds. The summed E-state index contributed by atoms with van der Waals surface area (Å²) in [6.07, 6.45) is 6.64. The third kappa shape index (κ3) is 1.75. The highest BCUT2D eigenvalue weighted by Crippen LogP contribution is 2.34. The molecule has 2 nitrogen and oxygen atoms in total. The van der Waals surface area contributed by atoms with Crippen molar-refractivity contribution in [3.05, 3.63) is 0 Å². The largest absolute Gasteiger partial charge is 0.328 e. The van der Waals surface area contributed by atoms with Gasteiger partial charge in [0, 0.05) is 24.2 Å². The fourth-order valence-corrected chi connectivity index (χ4v) is 3.30. The molecule has 0 radical (unpaired) electrons. The van der Waals surface area contributed by atoms with Crippen molar-refractivity contribution in [2.24, 2.45) is 5.73 Å². The fraction of sp³-hybridized carbons (Fsp3) is 1.00. The zero-order chi connectivity index (χ0) is 9.42. The van der Waals surface area contributed by atoms with E-state index < -0.39 is 0 Å². The summed E-state index contributed by atoms with van der Waals surface area (Å²) >= 11 is 0. The highest BCUT2D eigenvalue weighted by molar-refractivity contribution is 4.95. The van der Waals surface area contributed by atoms with E-state index in [1.807, 2.05) is 0 Å². The first-order valence-corrected chi connectivity index (χ1v) is 5.71. The van der Waals surface area contributed by atoms with Crippen LogP contribution in [0, 0.1) is 0 Å². The van der Waals surface area contributed by atoms with E-state index in [1.54, 1.807) is 0 Å². The van der Waals surface area contributed by atoms with Gasteiger partial charge < -0.3 is 5.73 Å². The minimum atomic E-state index is 0.477. The molecule has 0 saturated carbocycles. The second-order valence-electron chi connectivity index (χ2n) is 5.01. The van der Waals surface area contributed by atoms with Gasteiger partial charge in [0.1, 0.15) is 0 Å². The number of nitrogens with two attached hydrogens (primary N) is 1. The normalized spacial score (nSPS) is 41.1. The van der Waals surface area contributed by atoms with Gasteiger partial charge in [-0.05, 0) is 39.5 Å². The van der Waals surface area contributed by atoms with Crippen LogP contribution >= 0.6 is 0 Å². The molecule has 0 aromatic rings. The molecule has 0 spiro atoms. The summed E-state index contributed by atoms with van der Waals surface area (Å²) in [5.74, 6) is 0.